The van der Waals surface area contributed by atoms with Gasteiger partial charge in [-0.1, -0.05) is 6.07 Å². The molecule has 0 amide bonds. The predicted octanol–water partition coefficient (Wildman–Crippen LogP) is 3.06. The minimum absolute atomic E-state index is 0.252. The quantitative estimate of drug-likeness (QED) is 0.652. The van der Waals surface area contributed by atoms with E-state index in [1.54, 1.807) is 30.5 Å². The molecular weight excluding hydrogens is 294 g/mol. The van der Waals surface area contributed by atoms with Crippen LogP contribution in [-0.2, 0) is 6.61 Å². The molecule has 2 heterocycles. The van der Waals surface area contributed by atoms with E-state index in [2.05, 4.69) is 15.0 Å². The number of aromatic nitrogens is 3. The van der Waals surface area contributed by atoms with Crippen molar-refractivity contribution in [2.24, 2.45) is 0 Å². The molecule has 0 aliphatic carbocycles. The molecule has 0 unspecified atom stereocenters. The Hall–Kier alpha value is -3.28. The van der Waals surface area contributed by atoms with E-state index >= 15 is 0 Å². The second-order valence-corrected chi connectivity index (χ2v) is 4.57. The molecule has 0 saturated carbocycles. The Balaban J connectivity index is 1.73. The van der Waals surface area contributed by atoms with Gasteiger partial charge in [0, 0.05) is 24.2 Å². The minimum atomic E-state index is 0.252. The van der Waals surface area contributed by atoms with Gasteiger partial charge in [0.25, 0.3) is 11.8 Å². The third-order valence-electron chi connectivity index (χ3n) is 2.95. The van der Waals surface area contributed by atoms with Gasteiger partial charge in [0.1, 0.15) is 18.6 Å². The lowest BCUT2D eigenvalue weighted by atomic mass is 10.2. The molecule has 23 heavy (non-hydrogen) atoms. The second-order valence-electron chi connectivity index (χ2n) is 4.57. The monoisotopic (exact) mass is 307 g/mol. The molecule has 0 bridgehead atoms. The predicted molar refractivity (Wildman–Crippen MR) is 82.5 cm³/mol. The number of carbonyl (C=O) groups excluding carboxylic acids is 1. The minimum Gasteiger partial charge on any atom is -0.467 e. The van der Waals surface area contributed by atoms with Crippen molar-refractivity contribution in [3.05, 3.63) is 72.3 Å². The van der Waals surface area contributed by atoms with E-state index in [-0.39, 0.29) is 18.4 Å². The van der Waals surface area contributed by atoms with Gasteiger partial charge in [-0.05, 0) is 36.4 Å². The Labute approximate surface area is 132 Å². The Kier molecular flexibility index (Phi) is 4.54. The Morgan fingerprint density at radius 2 is 1.65 bits per heavy atom. The van der Waals surface area contributed by atoms with Crippen molar-refractivity contribution in [2.75, 3.05) is 0 Å². The zero-order chi connectivity index (χ0) is 15.9. The fourth-order valence-electron chi connectivity index (χ4n) is 1.83. The molecule has 0 atom stereocenters. The molecule has 3 rings (SSSR count). The summed E-state index contributed by atoms with van der Waals surface area (Å²) in [6.07, 6.45) is 5.51. The van der Waals surface area contributed by atoms with Gasteiger partial charge in [0.15, 0.2) is 0 Å². The smallest absolute Gasteiger partial charge is 0.283 e. The average molecular weight is 307 g/mol. The van der Waals surface area contributed by atoms with E-state index in [1.807, 2.05) is 18.2 Å². The number of aldehydes is 1. The van der Waals surface area contributed by atoms with Gasteiger partial charge in [-0.2, -0.15) is 0 Å². The number of nitrogens with zero attached hydrogens (tertiary/aromatic N) is 3. The number of hydrogen-bond acceptors (Lipinski definition) is 6. The van der Waals surface area contributed by atoms with Gasteiger partial charge in [0.2, 0.25) is 0 Å². The van der Waals surface area contributed by atoms with Crippen LogP contribution in [0.1, 0.15) is 16.1 Å². The summed E-state index contributed by atoms with van der Waals surface area (Å²) in [7, 11) is 0. The first-order valence-electron chi connectivity index (χ1n) is 6.92. The fourth-order valence-corrected chi connectivity index (χ4v) is 1.83. The number of ether oxygens (including phenoxy) is 2. The zero-order valence-corrected chi connectivity index (χ0v) is 12.1. The van der Waals surface area contributed by atoms with Crippen LogP contribution < -0.4 is 9.47 Å². The lowest BCUT2D eigenvalue weighted by molar-refractivity contribution is 0.112. The van der Waals surface area contributed by atoms with Crippen molar-refractivity contribution in [2.45, 2.75) is 6.61 Å². The number of carbonyl (C=O) groups is 1. The lowest BCUT2D eigenvalue weighted by Gasteiger charge is -2.09. The molecule has 6 heteroatoms. The lowest BCUT2D eigenvalue weighted by Crippen LogP contribution is -2.01. The molecule has 3 aromatic rings. The molecule has 0 aliphatic rings. The topological polar surface area (TPSA) is 74.2 Å². The maximum absolute atomic E-state index is 10.7. The summed E-state index contributed by atoms with van der Waals surface area (Å²) in [5.74, 6) is 1.07. The fraction of sp³-hybridized carbons (Fsp3) is 0.0588. The first-order valence-corrected chi connectivity index (χ1v) is 6.92. The Morgan fingerprint density at radius 1 is 0.870 bits per heavy atom. The summed E-state index contributed by atoms with van der Waals surface area (Å²) in [6, 6.07) is 12.3. The normalized spacial score (nSPS) is 10.1. The van der Waals surface area contributed by atoms with Gasteiger partial charge < -0.3 is 9.47 Å². The third kappa shape index (κ3) is 3.88. The van der Waals surface area contributed by atoms with Crippen molar-refractivity contribution in [3.8, 4) is 17.5 Å². The zero-order valence-electron chi connectivity index (χ0n) is 12.1. The molecular formula is C17H13N3O3. The first-order chi connectivity index (χ1) is 11.3. The van der Waals surface area contributed by atoms with Crippen LogP contribution in [0.3, 0.4) is 0 Å². The summed E-state index contributed by atoms with van der Waals surface area (Å²) in [5, 5.41) is 0. The molecule has 6 nitrogen and oxygen atoms in total. The van der Waals surface area contributed by atoms with Crippen LogP contribution in [0.15, 0.2) is 61.1 Å². The number of rotatable bonds is 6. The van der Waals surface area contributed by atoms with E-state index in [0.29, 0.717) is 11.3 Å². The van der Waals surface area contributed by atoms with Gasteiger partial charge in [0.05, 0.1) is 5.69 Å². The summed E-state index contributed by atoms with van der Waals surface area (Å²) in [6.45, 7) is 0.264. The Bertz CT molecular complexity index is 777. The van der Waals surface area contributed by atoms with Gasteiger partial charge in [-0.25, -0.2) is 9.97 Å². The van der Waals surface area contributed by atoms with Crippen molar-refractivity contribution < 1.29 is 14.3 Å². The molecule has 0 saturated heterocycles. The average Bonchev–Trinajstić information content (AvgIpc) is 2.62. The summed E-state index contributed by atoms with van der Waals surface area (Å²) >= 11 is 0. The maximum atomic E-state index is 10.7. The second kappa shape index (κ2) is 7.13. The van der Waals surface area contributed by atoms with Gasteiger partial charge in [-0.15, -0.1) is 0 Å². The first kappa shape index (κ1) is 14.6. The number of hydrogen-bond donors (Lipinski definition) is 0. The molecule has 0 aliphatic heterocycles. The molecule has 0 radical (unpaired) electrons. The van der Waals surface area contributed by atoms with E-state index in [1.165, 1.54) is 12.4 Å². The van der Waals surface area contributed by atoms with Crippen LogP contribution in [0.5, 0.6) is 17.5 Å². The third-order valence-corrected chi connectivity index (χ3v) is 2.95. The van der Waals surface area contributed by atoms with Crippen LogP contribution in [0.2, 0.25) is 0 Å². The molecule has 114 valence electrons. The highest BCUT2D eigenvalue weighted by Crippen LogP contribution is 2.27. The number of pyridine rings is 1. The van der Waals surface area contributed by atoms with Crippen molar-refractivity contribution in [3.63, 3.8) is 0 Å². The highest BCUT2D eigenvalue weighted by atomic mass is 16.5. The molecule has 1 aromatic carbocycles. The molecule has 0 fully saturated rings. The van der Waals surface area contributed by atoms with Crippen LogP contribution in [0.4, 0.5) is 0 Å². The van der Waals surface area contributed by atoms with E-state index in [9.17, 15) is 4.79 Å². The molecule has 0 spiro atoms. The van der Waals surface area contributed by atoms with Crippen LogP contribution in [-0.4, -0.2) is 21.2 Å². The van der Waals surface area contributed by atoms with Crippen LogP contribution >= 0.6 is 0 Å². The van der Waals surface area contributed by atoms with Crippen LogP contribution in [0.25, 0.3) is 0 Å². The van der Waals surface area contributed by atoms with E-state index < -0.39 is 0 Å². The summed E-state index contributed by atoms with van der Waals surface area (Å²) in [4.78, 5) is 23.1. The van der Waals surface area contributed by atoms with Gasteiger partial charge >= 0.3 is 0 Å². The van der Waals surface area contributed by atoms with Crippen molar-refractivity contribution >= 4 is 6.29 Å². The summed E-state index contributed by atoms with van der Waals surface area (Å²) < 4.78 is 11.3. The molecule has 0 N–H and O–H groups in total. The largest absolute Gasteiger partial charge is 0.467 e. The Morgan fingerprint density at radius 3 is 2.35 bits per heavy atom. The standard InChI is InChI=1S/C17H13N3O3/c21-11-13-4-6-15(7-5-13)23-17-16(19-9-10-20-17)22-12-14-3-1-2-8-18-14/h1-11H,12H2. The summed E-state index contributed by atoms with van der Waals surface area (Å²) in [5.41, 5.74) is 1.35. The van der Waals surface area contributed by atoms with E-state index in [4.69, 9.17) is 9.47 Å². The van der Waals surface area contributed by atoms with Crippen LogP contribution in [0, 0.1) is 0 Å². The SMILES string of the molecule is O=Cc1ccc(Oc2nccnc2OCc2ccccn2)cc1. The van der Waals surface area contributed by atoms with Crippen molar-refractivity contribution in [1.29, 1.82) is 0 Å². The number of benzene rings is 1. The highest BCUT2D eigenvalue weighted by Gasteiger charge is 2.10. The molecule has 2 aromatic heterocycles. The maximum Gasteiger partial charge on any atom is 0.283 e. The van der Waals surface area contributed by atoms with Gasteiger partial charge in [-0.3, -0.25) is 9.78 Å². The van der Waals surface area contributed by atoms with E-state index in [0.717, 1.165) is 12.0 Å². The van der Waals surface area contributed by atoms with Crippen molar-refractivity contribution in [1.82, 2.24) is 15.0 Å². The highest BCUT2D eigenvalue weighted by molar-refractivity contribution is 5.74.